The van der Waals surface area contributed by atoms with E-state index in [0.29, 0.717) is 6.54 Å². The summed E-state index contributed by atoms with van der Waals surface area (Å²) in [6, 6.07) is 31.2. The van der Waals surface area contributed by atoms with Crippen LogP contribution in [-0.4, -0.2) is 21.8 Å². The van der Waals surface area contributed by atoms with Crippen LogP contribution in [0.1, 0.15) is 52.6 Å². The van der Waals surface area contributed by atoms with Gasteiger partial charge in [0.15, 0.2) is 0 Å². The fourth-order valence-corrected chi connectivity index (χ4v) is 4.99. The molecule has 2 heterocycles. The van der Waals surface area contributed by atoms with Gasteiger partial charge in [0.1, 0.15) is 11.5 Å². The molecule has 0 spiro atoms. The van der Waals surface area contributed by atoms with Crippen molar-refractivity contribution in [2.75, 3.05) is 6.54 Å². The number of amides is 1. The molecule has 1 unspecified atom stereocenters. The van der Waals surface area contributed by atoms with Crippen LogP contribution in [0.15, 0.2) is 109 Å². The summed E-state index contributed by atoms with van der Waals surface area (Å²) in [6.07, 6.45) is 4.73. The third-order valence-electron chi connectivity index (χ3n) is 6.85. The predicted molar refractivity (Wildman–Crippen MR) is 145 cm³/mol. The Morgan fingerprint density at radius 3 is 2.22 bits per heavy atom. The molecule has 37 heavy (non-hydrogen) atoms. The van der Waals surface area contributed by atoms with E-state index in [-0.39, 0.29) is 30.0 Å². The predicted octanol–water partition coefficient (Wildman–Crippen LogP) is 6.64. The molecule has 3 aromatic carbocycles. The first-order chi connectivity index (χ1) is 18.1. The van der Waals surface area contributed by atoms with E-state index in [1.807, 2.05) is 72.1 Å². The fraction of sp³-hybridized carbons (Fsp3) is 0.188. The zero-order chi connectivity index (χ0) is 25.6. The maximum Gasteiger partial charge on any atom is 0.221 e. The molecule has 5 heteroatoms. The first-order valence-electron chi connectivity index (χ1n) is 12.6. The van der Waals surface area contributed by atoms with Crippen molar-refractivity contribution in [2.45, 2.75) is 31.6 Å². The SMILES string of the molecule is Cc1ccn2c(C(CC(=O)NCCC(c3ccccc3)c3ccccc3)c3cccc(F)c3)cnc2c1. The second kappa shape index (κ2) is 11.2. The minimum Gasteiger partial charge on any atom is -0.356 e. The lowest BCUT2D eigenvalue weighted by Gasteiger charge is -2.20. The third-order valence-corrected chi connectivity index (χ3v) is 6.85. The van der Waals surface area contributed by atoms with Gasteiger partial charge in [-0.15, -0.1) is 0 Å². The highest BCUT2D eigenvalue weighted by atomic mass is 19.1. The summed E-state index contributed by atoms with van der Waals surface area (Å²) < 4.78 is 16.1. The minimum absolute atomic E-state index is 0.0730. The van der Waals surface area contributed by atoms with Crippen LogP contribution < -0.4 is 5.32 Å². The number of carbonyl (C=O) groups excluding carboxylic acids is 1. The van der Waals surface area contributed by atoms with E-state index < -0.39 is 0 Å². The monoisotopic (exact) mass is 491 g/mol. The average molecular weight is 492 g/mol. The van der Waals surface area contributed by atoms with E-state index in [1.54, 1.807) is 12.3 Å². The number of pyridine rings is 1. The minimum atomic E-state index is -0.326. The largest absolute Gasteiger partial charge is 0.356 e. The topological polar surface area (TPSA) is 46.4 Å². The van der Waals surface area contributed by atoms with Crippen LogP contribution in [0, 0.1) is 12.7 Å². The van der Waals surface area contributed by atoms with Crippen LogP contribution in [-0.2, 0) is 4.79 Å². The van der Waals surface area contributed by atoms with Crippen molar-refractivity contribution in [3.63, 3.8) is 0 Å². The Morgan fingerprint density at radius 2 is 1.54 bits per heavy atom. The molecular formula is C32H30FN3O. The number of hydrogen-bond donors (Lipinski definition) is 1. The van der Waals surface area contributed by atoms with Gasteiger partial charge in [0.2, 0.25) is 5.91 Å². The third kappa shape index (κ3) is 5.78. The number of rotatable bonds is 9. The molecule has 0 aliphatic rings. The second-order valence-corrected chi connectivity index (χ2v) is 9.44. The molecule has 0 bridgehead atoms. The van der Waals surface area contributed by atoms with Gasteiger partial charge in [0.05, 0.1) is 5.69 Å². The van der Waals surface area contributed by atoms with Crippen molar-refractivity contribution in [1.82, 2.24) is 14.7 Å². The van der Waals surface area contributed by atoms with Crippen LogP contribution >= 0.6 is 0 Å². The number of fused-ring (bicyclic) bond motifs is 1. The van der Waals surface area contributed by atoms with Crippen molar-refractivity contribution in [3.8, 4) is 0 Å². The first kappa shape index (κ1) is 24.4. The normalized spacial score (nSPS) is 12.1. The molecule has 2 aromatic heterocycles. The quantitative estimate of drug-likeness (QED) is 0.251. The number of imidazole rings is 1. The van der Waals surface area contributed by atoms with Gasteiger partial charge in [-0.05, 0) is 59.9 Å². The second-order valence-electron chi connectivity index (χ2n) is 9.44. The maximum atomic E-state index is 14.2. The van der Waals surface area contributed by atoms with Gasteiger partial charge in [-0.3, -0.25) is 4.79 Å². The molecule has 4 nitrogen and oxygen atoms in total. The summed E-state index contributed by atoms with van der Waals surface area (Å²) in [4.78, 5) is 17.8. The average Bonchev–Trinajstić information content (AvgIpc) is 3.33. The number of aromatic nitrogens is 2. The van der Waals surface area contributed by atoms with Crippen molar-refractivity contribution < 1.29 is 9.18 Å². The zero-order valence-electron chi connectivity index (χ0n) is 20.8. The van der Waals surface area contributed by atoms with Crippen LogP contribution in [0.25, 0.3) is 5.65 Å². The summed E-state index contributed by atoms with van der Waals surface area (Å²) in [5.74, 6) is -0.534. The number of aryl methyl sites for hydroxylation is 1. The molecule has 0 fully saturated rings. The van der Waals surface area contributed by atoms with Gasteiger partial charge in [-0.25, -0.2) is 9.37 Å². The number of nitrogens with zero attached hydrogens (tertiary/aromatic N) is 2. The number of carbonyl (C=O) groups is 1. The van der Waals surface area contributed by atoms with Gasteiger partial charge in [0, 0.05) is 37.2 Å². The van der Waals surface area contributed by atoms with Crippen molar-refractivity contribution in [2.24, 2.45) is 0 Å². The Morgan fingerprint density at radius 1 is 0.865 bits per heavy atom. The van der Waals surface area contributed by atoms with Gasteiger partial charge < -0.3 is 9.72 Å². The molecule has 1 N–H and O–H groups in total. The lowest BCUT2D eigenvalue weighted by molar-refractivity contribution is -0.121. The Kier molecular flexibility index (Phi) is 7.41. The van der Waals surface area contributed by atoms with Crippen LogP contribution in [0.5, 0.6) is 0 Å². The lowest BCUT2D eigenvalue weighted by atomic mass is 9.88. The summed E-state index contributed by atoms with van der Waals surface area (Å²) in [5, 5.41) is 3.12. The van der Waals surface area contributed by atoms with E-state index in [0.717, 1.165) is 28.9 Å². The number of hydrogen-bond acceptors (Lipinski definition) is 2. The highest BCUT2D eigenvalue weighted by molar-refractivity contribution is 5.77. The van der Waals surface area contributed by atoms with Gasteiger partial charge >= 0.3 is 0 Å². The van der Waals surface area contributed by atoms with Crippen LogP contribution in [0.4, 0.5) is 4.39 Å². The van der Waals surface area contributed by atoms with E-state index >= 15 is 0 Å². The van der Waals surface area contributed by atoms with Crippen molar-refractivity contribution >= 4 is 11.6 Å². The molecule has 0 radical (unpaired) electrons. The molecule has 5 rings (SSSR count). The number of nitrogens with one attached hydrogen (secondary N) is 1. The fourth-order valence-electron chi connectivity index (χ4n) is 4.99. The number of benzene rings is 3. The molecule has 0 saturated heterocycles. The van der Waals surface area contributed by atoms with E-state index in [1.165, 1.54) is 23.3 Å². The molecule has 186 valence electrons. The zero-order valence-corrected chi connectivity index (χ0v) is 20.8. The molecule has 0 aliphatic heterocycles. The maximum absolute atomic E-state index is 14.2. The molecule has 0 aliphatic carbocycles. The van der Waals surface area contributed by atoms with Crippen LogP contribution in [0.3, 0.4) is 0 Å². The Hall–Kier alpha value is -4.25. The lowest BCUT2D eigenvalue weighted by Crippen LogP contribution is -2.27. The summed E-state index contributed by atoms with van der Waals surface area (Å²) >= 11 is 0. The standard InChI is InChI=1S/C32H30FN3O/c1-23-16-18-36-30(22-35-31(36)19-23)29(26-13-8-14-27(33)20-26)21-32(37)34-17-15-28(24-9-4-2-5-10-24)25-11-6-3-7-12-25/h2-14,16,18-20,22,28-29H,15,17,21H2,1H3,(H,34,37). The van der Waals surface area contributed by atoms with E-state index in [9.17, 15) is 9.18 Å². The summed E-state index contributed by atoms with van der Waals surface area (Å²) in [5.41, 5.74) is 5.98. The molecular weight excluding hydrogens is 461 g/mol. The van der Waals surface area contributed by atoms with E-state index in [4.69, 9.17) is 0 Å². The Balaban J connectivity index is 1.34. The van der Waals surface area contributed by atoms with Crippen molar-refractivity contribution in [3.05, 3.63) is 143 Å². The summed E-state index contributed by atoms with van der Waals surface area (Å²) in [6.45, 7) is 2.56. The van der Waals surface area contributed by atoms with Crippen molar-refractivity contribution in [1.29, 1.82) is 0 Å². The van der Waals surface area contributed by atoms with Crippen LogP contribution in [0.2, 0.25) is 0 Å². The molecule has 1 amide bonds. The molecule has 1 atom stereocenters. The molecule has 0 saturated carbocycles. The smallest absolute Gasteiger partial charge is 0.221 e. The number of halogens is 1. The highest BCUT2D eigenvalue weighted by Gasteiger charge is 2.23. The van der Waals surface area contributed by atoms with Gasteiger partial charge in [-0.1, -0.05) is 72.8 Å². The van der Waals surface area contributed by atoms with E-state index in [2.05, 4.69) is 34.6 Å². The first-order valence-corrected chi connectivity index (χ1v) is 12.6. The van der Waals surface area contributed by atoms with Gasteiger partial charge in [0.25, 0.3) is 0 Å². The highest BCUT2D eigenvalue weighted by Crippen LogP contribution is 2.30. The Bertz CT molecular complexity index is 1440. The molecule has 5 aromatic rings. The Labute approximate surface area is 216 Å². The van der Waals surface area contributed by atoms with Gasteiger partial charge in [-0.2, -0.15) is 0 Å². The summed E-state index contributed by atoms with van der Waals surface area (Å²) in [7, 11) is 0.